The highest BCUT2D eigenvalue weighted by molar-refractivity contribution is 6.00. The molecule has 0 aliphatic heterocycles. The number of aromatic hydroxyl groups is 1. The fourth-order valence-corrected chi connectivity index (χ4v) is 3.73. The number of benzene rings is 3. The summed E-state index contributed by atoms with van der Waals surface area (Å²) in [6.45, 7) is 9.86. The Kier molecular flexibility index (Phi) is 11.5. The van der Waals surface area contributed by atoms with Crippen LogP contribution in [0.2, 0.25) is 0 Å². The maximum Gasteiger partial charge on any atom is 0.161 e. The first-order valence-electron chi connectivity index (χ1n) is 12.1. The van der Waals surface area contributed by atoms with Crippen LogP contribution < -0.4 is 10.6 Å². The summed E-state index contributed by atoms with van der Waals surface area (Å²) >= 11 is 0. The second-order valence-electron chi connectivity index (χ2n) is 8.19. The van der Waals surface area contributed by atoms with Gasteiger partial charge < -0.3 is 20.6 Å². The molecule has 0 bridgehead atoms. The molecule has 3 aromatic carbocycles. The third kappa shape index (κ3) is 8.58. The van der Waals surface area contributed by atoms with Crippen LogP contribution in [0.5, 0.6) is 5.75 Å². The number of ketones is 1. The van der Waals surface area contributed by atoms with Crippen LogP contribution in [0.25, 0.3) is 11.1 Å². The van der Waals surface area contributed by atoms with Crippen LogP contribution in [-0.2, 0) is 0 Å². The number of carbonyl (C=O) groups is 2. The maximum absolute atomic E-state index is 11.4. The molecule has 0 fully saturated rings. The molecule has 3 N–H and O–H groups in total. The molecule has 0 aliphatic rings. The summed E-state index contributed by atoms with van der Waals surface area (Å²) in [5.74, 6) is 0.102. The van der Waals surface area contributed by atoms with Crippen molar-refractivity contribution in [1.82, 2.24) is 4.90 Å². The van der Waals surface area contributed by atoms with Gasteiger partial charge in [0.25, 0.3) is 0 Å². The topological polar surface area (TPSA) is 81.7 Å². The molecule has 3 rings (SSSR count). The first-order valence-corrected chi connectivity index (χ1v) is 12.1. The molecular weight excluding hydrogens is 438 g/mol. The van der Waals surface area contributed by atoms with Crippen molar-refractivity contribution in [2.45, 2.75) is 27.2 Å². The van der Waals surface area contributed by atoms with E-state index in [1.807, 2.05) is 43.4 Å². The average Bonchev–Trinajstić information content (AvgIpc) is 2.89. The molecule has 0 amide bonds. The number of anilines is 2. The minimum Gasteiger partial charge on any atom is -0.507 e. The molecule has 0 aliphatic carbocycles. The van der Waals surface area contributed by atoms with Crippen molar-refractivity contribution >= 4 is 23.4 Å². The van der Waals surface area contributed by atoms with Crippen molar-refractivity contribution in [2.24, 2.45) is 0 Å². The fraction of sp³-hybridized carbons (Fsp3) is 0.310. The quantitative estimate of drug-likeness (QED) is 0.181. The standard InChI is InChI=1S/C15H15NO.C14H22N2O2/c1-11(17)14-9-8-13(10-15(14)16-2)12-6-4-3-5-7-12;1-3-8-16(4-2)9-7-15-13-5-6-14(18)12(10-13)11-17/h3-10,16H,1-2H3;5-6,10-11,15,18H,3-4,7-9H2,1-2H3. The summed E-state index contributed by atoms with van der Waals surface area (Å²) in [6, 6.07) is 21.0. The summed E-state index contributed by atoms with van der Waals surface area (Å²) < 4.78 is 0. The first kappa shape index (κ1) is 27.6. The predicted molar refractivity (Wildman–Crippen MR) is 146 cm³/mol. The summed E-state index contributed by atoms with van der Waals surface area (Å²) in [5, 5.41) is 15.7. The minimum atomic E-state index is 0.0247. The van der Waals surface area contributed by atoms with Gasteiger partial charge in [-0.2, -0.15) is 0 Å². The van der Waals surface area contributed by atoms with Crippen molar-refractivity contribution < 1.29 is 14.7 Å². The number of phenolic OH excluding ortho intramolecular Hbond substituents is 1. The van der Waals surface area contributed by atoms with Crippen LogP contribution in [0.15, 0.2) is 66.7 Å². The van der Waals surface area contributed by atoms with E-state index < -0.39 is 0 Å². The number of rotatable bonds is 11. The molecule has 0 unspecified atom stereocenters. The highest BCUT2D eigenvalue weighted by Crippen LogP contribution is 2.25. The van der Waals surface area contributed by atoms with Gasteiger partial charge in [0.15, 0.2) is 12.1 Å². The number of aldehydes is 1. The minimum absolute atomic E-state index is 0.0247. The smallest absolute Gasteiger partial charge is 0.161 e. The van der Waals surface area contributed by atoms with Crippen molar-refractivity contribution in [3.05, 3.63) is 77.9 Å². The number of likely N-dealkylation sites (N-methyl/N-ethyl adjacent to an activating group) is 1. The molecule has 0 heterocycles. The van der Waals surface area contributed by atoms with Gasteiger partial charge in [0.2, 0.25) is 0 Å². The number of hydrogen-bond acceptors (Lipinski definition) is 6. The molecule has 0 saturated heterocycles. The number of nitrogens with one attached hydrogen (secondary N) is 2. The molecule has 186 valence electrons. The van der Waals surface area contributed by atoms with Crippen molar-refractivity contribution in [1.29, 1.82) is 0 Å². The van der Waals surface area contributed by atoms with Gasteiger partial charge in [0, 0.05) is 37.1 Å². The Morgan fingerprint density at radius 1 is 0.971 bits per heavy atom. The van der Waals surface area contributed by atoms with Gasteiger partial charge in [-0.1, -0.05) is 50.2 Å². The highest BCUT2D eigenvalue weighted by atomic mass is 16.3. The summed E-state index contributed by atoms with van der Waals surface area (Å²) in [4.78, 5) is 24.5. The first-order chi connectivity index (χ1) is 16.9. The van der Waals surface area contributed by atoms with Gasteiger partial charge >= 0.3 is 0 Å². The fourth-order valence-electron chi connectivity index (χ4n) is 3.73. The van der Waals surface area contributed by atoms with Crippen LogP contribution in [0.4, 0.5) is 11.4 Å². The Bertz CT molecular complexity index is 1080. The van der Waals surface area contributed by atoms with E-state index in [4.69, 9.17) is 0 Å². The van der Waals surface area contributed by atoms with Crippen molar-refractivity contribution in [3.63, 3.8) is 0 Å². The number of nitrogens with zero attached hydrogens (tertiary/aromatic N) is 1. The molecule has 3 aromatic rings. The monoisotopic (exact) mass is 475 g/mol. The van der Waals surface area contributed by atoms with Crippen molar-refractivity contribution in [2.75, 3.05) is 43.9 Å². The zero-order valence-electron chi connectivity index (χ0n) is 21.2. The molecule has 35 heavy (non-hydrogen) atoms. The van der Waals surface area contributed by atoms with Crippen LogP contribution in [0.1, 0.15) is 47.9 Å². The molecule has 0 atom stereocenters. The van der Waals surface area contributed by atoms with E-state index in [9.17, 15) is 14.7 Å². The van der Waals surface area contributed by atoms with E-state index in [0.717, 1.165) is 60.7 Å². The Balaban J connectivity index is 0.000000247. The SMILES string of the molecule is CCCN(CC)CCNc1ccc(O)c(C=O)c1.CNc1cc(-c2ccccc2)ccc1C(C)=O. The molecule has 0 spiro atoms. The molecule has 0 saturated carbocycles. The number of phenols is 1. The van der Waals surface area contributed by atoms with E-state index in [-0.39, 0.29) is 11.5 Å². The Labute approximate surface area is 209 Å². The zero-order chi connectivity index (χ0) is 25.6. The van der Waals surface area contributed by atoms with E-state index >= 15 is 0 Å². The Hall–Kier alpha value is -3.64. The molecular formula is C29H37N3O3. The van der Waals surface area contributed by atoms with E-state index in [0.29, 0.717) is 11.8 Å². The molecule has 0 aromatic heterocycles. The summed E-state index contributed by atoms with van der Waals surface area (Å²) in [7, 11) is 1.83. The largest absolute Gasteiger partial charge is 0.507 e. The zero-order valence-corrected chi connectivity index (χ0v) is 21.2. The van der Waals surface area contributed by atoms with Gasteiger partial charge in [0.05, 0.1) is 5.56 Å². The molecule has 6 heteroatoms. The number of hydrogen-bond donors (Lipinski definition) is 3. The second kappa shape index (κ2) is 14.6. The van der Waals surface area contributed by atoms with E-state index in [2.05, 4.69) is 41.5 Å². The Morgan fingerprint density at radius 3 is 2.31 bits per heavy atom. The highest BCUT2D eigenvalue weighted by Gasteiger charge is 2.07. The van der Waals surface area contributed by atoms with Gasteiger partial charge in [-0.3, -0.25) is 9.59 Å². The van der Waals surface area contributed by atoms with Gasteiger partial charge in [-0.25, -0.2) is 0 Å². The van der Waals surface area contributed by atoms with Gasteiger partial charge in [-0.15, -0.1) is 0 Å². The summed E-state index contributed by atoms with van der Waals surface area (Å²) in [6.07, 6.45) is 1.82. The van der Waals surface area contributed by atoms with E-state index in [1.54, 1.807) is 19.1 Å². The molecule has 0 radical (unpaired) electrons. The van der Waals surface area contributed by atoms with Crippen LogP contribution in [0, 0.1) is 0 Å². The summed E-state index contributed by atoms with van der Waals surface area (Å²) in [5.41, 5.74) is 5.05. The lowest BCUT2D eigenvalue weighted by Crippen LogP contribution is -2.29. The number of Topliss-reactive ketones (excluding diaryl/α,β-unsaturated/α-hetero) is 1. The second-order valence-corrected chi connectivity index (χ2v) is 8.19. The van der Waals surface area contributed by atoms with Gasteiger partial charge in [-0.05, 0) is 67.9 Å². The molecule has 6 nitrogen and oxygen atoms in total. The predicted octanol–water partition coefficient (Wildman–Crippen LogP) is 5.95. The van der Waals surface area contributed by atoms with Crippen molar-refractivity contribution in [3.8, 4) is 16.9 Å². The van der Waals surface area contributed by atoms with Gasteiger partial charge in [0.1, 0.15) is 5.75 Å². The average molecular weight is 476 g/mol. The number of carbonyl (C=O) groups excluding carboxylic acids is 2. The maximum atomic E-state index is 11.4. The Morgan fingerprint density at radius 2 is 1.71 bits per heavy atom. The third-order valence-corrected chi connectivity index (χ3v) is 5.67. The van der Waals surface area contributed by atoms with Crippen LogP contribution in [-0.4, -0.2) is 55.3 Å². The van der Waals surface area contributed by atoms with Crippen LogP contribution >= 0.6 is 0 Å². The lowest BCUT2D eigenvalue weighted by Gasteiger charge is -2.20. The third-order valence-electron chi connectivity index (χ3n) is 5.67. The lowest BCUT2D eigenvalue weighted by atomic mass is 10.0. The van der Waals surface area contributed by atoms with Crippen LogP contribution in [0.3, 0.4) is 0 Å². The van der Waals surface area contributed by atoms with E-state index in [1.165, 1.54) is 6.07 Å². The lowest BCUT2D eigenvalue weighted by molar-refractivity contribution is 0.101. The normalized spacial score (nSPS) is 10.3.